The van der Waals surface area contributed by atoms with Crippen LogP contribution >= 0.6 is 0 Å². The van der Waals surface area contributed by atoms with E-state index in [1.807, 2.05) is 18.2 Å². The first-order chi connectivity index (χ1) is 12.9. The van der Waals surface area contributed by atoms with Gasteiger partial charge in [0.05, 0.1) is 29.3 Å². The van der Waals surface area contributed by atoms with E-state index >= 15 is 0 Å². The van der Waals surface area contributed by atoms with Crippen LogP contribution in [0.15, 0.2) is 42.5 Å². The van der Waals surface area contributed by atoms with Crippen LogP contribution in [0.1, 0.15) is 46.0 Å². The zero-order valence-corrected chi connectivity index (χ0v) is 15.6. The van der Waals surface area contributed by atoms with Crippen molar-refractivity contribution < 1.29 is 19.4 Å². The molecule has 0 unspecified atom stereocenters. The number of carboxylic acid groups (broad SMARTS) is 1. The molecule has 0 spiro atoms. The van der Waals surface area contributed by atoms with E-state index in [2.05, 4.69) is 23.4 Å². The molecule has 0 saturated carbocycles. The van der Waals surface area contributed by atoms with Crippen LogP contribution < -0.4 is 0 Å². The first kappa shape index (κ1) is 18.6. The molecule has 1 heterocycles. The molecule has 0 radical (unpaired) electrons. The number of imidazole rings is 1. The van der Waals surface area contributed by atoms with Gasteiger partial charge in [-0.25, -0.2) is 14.6 Å². The molecule has 0 atom stereocenters. The van der Waals surface area contributed by atoms with Gasteiger partial charge < -0.3 is 14.4 Å². The summed E-state index contributed by atoms with van der Waals surface area (Å²) in [6.45, 7) is 5.05. The number of fused-ring (bicyclic) bond motifs is 1. The Morgan fingerprint density at radius 1 is 1.11 bits per heavy atom. The van der Waals surface area contributed by atoms with Gasteiger partial charge in [-0.05, 0) is 41.8 Å². The minimum atomic E-state index is -0.963. The molecule has 0 aliphatic carbocycles. The second-order valence-corrected chi connectivity index (χ2v) is 6.91. The average molecular weight is 366 g/mol. The van der Waals surface area contributed by atoms with E-state index in [0.29, 0.717) is 23.4 Å². The number of rotatable bonds is 6. The standard InChI is InChI=1S/C21H22N2O4/c1-13(2)12-23-18-9-8-16(20(24)25)11-17(18)22-19(23)10-14-4-6-15(7-5-14)21(26)27-3/h4-9,11,13H,10,12H2,1-3H3,(H,24,25). The molecule has 2 aromatic carbocycles. The Labute approximate surface area is 157 Å². The summed E-state index contributed by atoms with van der Waals surface area (Å²) in [5.41, 5.74) is 3.35. The predicted octanol–water partition coefficient (Wildman–Crippen LogP) is 3.77. The van der Waals surface area contributed by atoms with Crippen molar-refractivity contribution in [3.05, 3.63) is 65.0 Å². The van der Waals surface area contributed by atoms with Crippen molar-refractivity contribution in [1.29, 1.82) is 0 Å². The summed E-state index contributed by atoms with van der Waals surface area (Å²) < 4.78 is 6.86. The largest absolute Gasteiger partial charge is 0.478 e. The summed E-state index contributed by atoms with van der Waals surface area (Å²) >= 11 is 0. The highest BCUT2D eigenvalue weighted by Crippen LogP contribution is 2.22. The minimum Gasteiger partial charge on any atom is -0.478 e. The minimum absolute atomic E-state index is 0.227. The number of hydrogen-bond acceptors (Lipinski definition) is 4. The second-order valence-electron chi connectivity index (χ2n) is 6.91. The molecular weight excluding hydrogens is 344 g/mol. The van der Waals surface area contributed by atoms with Gasteiger partial charge in [0.25, 0.3) is 0 Å². The highest BCUT2D eigenvalue weighted by molar-refractivity contribution is 5.92. The number of carboxylic acids is 1. The van der Waals surface area contributed by atoms with E-state index in [9.17, 15) is 14.7 Å². The Kier molecular flexibility index (Phi) is 5.26. The van der Waals surface area contributed by atoms with Gasteiger partial charge in [-0.3, -0.25) is 0 Å². The van der Waals surface area contributed by atoms with Crippen LogP contribution in [0.3, 0.4) is 0 Å². The molecule has 140 valence electrons. The summed E-state index contributed by atoms with van der Waals surface area (Å²) in [5.74, 6) is -0.0425. The molecule has 1 N–H and O–H groups in total. The number of hydrogen-bond donors (Lipinski definition) is 1. The second kappa shape index (κ2) is 7.61. The number of aromatic carboxylic acids is 1. The van der Waals surface area contributed by atoms with Gasteiger partial charge in [0.15, 0.2) is 0 Å². The van der Waals surface area contributed by atoms with Crippen LogP contribution in [0.2, 0.25) is 0 Å². The lowest BCUT2D eigenvalue weighted by molar-refractivity contribution is 0.0599. The SMILES string of the molecule is COC(=O)c1ccc(Cc2nc3cc(C(=O)O)ccc3n2CC(C)C)cc1. The van der Waals surface area contributed by atoms with Gasteiger partial charge in [0.1, 0.15) is 5.82 Å². The first-order valence-electron chi connectivity index (χ1n) is 8.78. The number of carbonyl (C=O) groups excluding carboxylic acids is 1. The van der Waals surface area contributed by atoms with Gasteiger partial charge in [-0.2, -0.15) is 0 Å². The third kappa shape index (κ3) is 4.00. The lowest BCUT2D eigenvalue weighted by Gasteiger charge is -2.12. The van der Waals surface area contributed by atoms with E-state index in [-0.39, 0.29) is 11.5 Å². The highest BCUT2D eigenvalue weighted by atomic mass is 16.5. The number of methoxy groups -OCH3 is 1. The van der Waals surface area contributed by atoms with E-state index in [0.717, 1.165) is 23.4 Å². The molecule has 0 saturated heterocycles. The Hall–Kier alpha value is -3.15. The Balaban J connectivity index is 1.98. The molecular formula is C21H22N2O4. The molecule has 3 aromatic rings. The molecule has 1 aromatic heterocycles. The first-order valence-corrected chi connectivity index (χ1v) is 8.78. The molecule has 0 aliphatic rings. The van der Waals surface area contributed by atoms with E-state index in [1.165, 1.54) is 7.11 Å². The number of ether oxygens (including phenoxy) is 1. The third-order valence-corrected chi connectivity index (χ3v) is 4.36. The summed E-state index contributed by atoms with van der Waals surface area (Å²) in [6, 6.07) is 12.3. The van der Waals surface area contributed by atoms with Crippen molar-refractivity contribution in [2.75, 3.05) is 7.11 Å². The van der Waals surface area contributed by atoms with Gasteiger partial charge in [0, 0.05) is 13.0 Å². The third-order valence-electron chi connectivity index (χ3n) is 4.36. The van der Waals surface area contributed by atoms with E-state index in [4.69, 9.17) is 4.74 Å². The van der Waals surface area contributed by atoms with Crippen molar-refractivity contribution >= 4 is 23.0 Å². The fourth-order valence-corrected chi connectivity index (χ4v) is 3.08. The number of nitrogens with zero attached hydrogens (tertiary/aromatic N) is 2. The normalized spacial score (nSPS) is 11.1. The van der Waals surface area contributed by atoms with Crippen LogP contribution in [0, 0.1) is 5.92 Å². The molecule has 0 aliphatic heterocycles. The van der Waals surface area contributed by atoms with Crippen molar-refractivity contribution in [2.45, 2.75) is 26.8 Å². The van der Waals surface area contributed by atoms with Gasteiger partial charge in [-0.15, -0.1) is 0 Å². The maximum Gasteiger partial charge on any atom is 0.337 e. The van der Waals surface area contributed by atoms with Crippen molar-refractivity contribution in [1.82, 2.24) is 9.55 Å². The predicted molar refractivity (Wildman–Crippen MR) is 102 cm³/mol. The van der Waals surface area contributed by atoms with E-state index < -0.39 is 5.97 Å². The molecule has 3 rings (SSSR count). The van der Waals surface area contributed by atoms with Crippen LogP contribution in [-0.4, -0.2) is 33.7 Å². The van der Waals surface area contributed by atoms with Crippen molar-refractivity contribution in [3.8, 4) is 0 Å². The van der Waals surface area contributed by atoms with Crippen molar-refractivity contribution in [2.24, 2.45) is 5.92 Å². The fourth-order valence-electron chi connectivity index (χ4n) is 3.08. The highest BCUT2D eigenvalue weighted by Gasteiger charge is 2.15. The van der Waals surface area contributed by atoms with E-state index in [1.54, 1.807) is 24.3 Å². The topological polar surface area (TPSA) is 81.4 Å². The number of esters is 1. The molecule has 0 amide bonds. The zero-order valence-electron chi connectivity index (χ0n) is 15.6. The zero-order chi connectivity index (χ0) is 19.6. The monoisotopic (exact) mass is 366 g/mol. The van der Waals surface area contributed by atoms with Crippen LogP contribution in [0.25, 0.3) is 11.0 Å². The van der Waals surface area contributed by atoms with Gasteiger partial charge in [0.2, 0.25) is 0 Å². The fraction of sp³-hybridized carbons (Fsp3) is 0.286. The molecule has 0 bridgehead atoms. The number of benzene rings is 2. The molecule has 6 heteroatoms. The Bertz CT molecular complexity index is 987. The summed E-state index contributed by atoms with van der Waals surface area (Å²) in [7, 11) is 1.36. The smallest absolute Gasteiger partial charge is 0.337 e. The Morgan fingerprint density at radius 2 is 1.78 bits per heavy atom. The van der Waals surface area contributed by atoms with Crippen LogP contribution in [-0.2, 0) is 17.7 Å². The van der Waals surface area contributed by atoms with Crippen LogP contribution in [0.5, 0.6) is 0 Å². The molecule has 0 fully saturated rings. The maximum atomic E-state index is 11.6. The lowest BCUT2D eigenvalue weighted by Crippen LogP contribution is -2.09. The summed E-state index contributed by atoms with van der Waals surface area (Å²) in [4.78, 5) is 27.5. The van der Waals surface area contributed by atoms with Crippen LogP contribution in [0.4, 0.5) is 0 Å². The molecule has 6 nitrogen and oxygen atoms in total. The summed E-state index contributed by atoms with van der Waals surface area (Å²) in [6.07, 6.45) is 0.589. The van der Waals surface area contributed by atoms with Crippen molar-refractivity contribution in [3.63, 3.8) is 0 Å². The lowest BCUT2D eigenvalue weighted by atomic mass is 10.1. The van der Waals surface area contributed by atoms with Gasteiger partial charge >= 0.3 is 11.9 Å². The Morgan fingerprint density at radius 3 is 2.37 bits per heavy atom. The number of aromatic nitrogens is 2. The summed E-state index contributed by atoms with van der Waals surface area (Å²) in [5, 5.41) is 9.22. The quantitative estimate of drug-likeness (QED) is 0.672. The number of carbonyl (C=O) groups is 2. The average Bonchev–Trinajstić information content (AvgIpc) is 2.97. The maximum absolute atomic E-state index is 11.6. The van der Waals surface area contributed by atoms with Gasteiger partial charge in [-0.1, -0.05) is 26.0 Å². The molecule has 27 heavy (non-hydrogen) atoms.